The number of hydrogen-bond acceptors (Lipinski definition) is 3. The maximum atomic E-state index is 12.2. The molecule has 0 aliphatic rings. The number of halogens is 3. The standard InChI is InChI=1S/C13H9Br2ClN2O2/c14-6-3-9(15)12(11(17)4-6)18-13(20)8-5-7(19)1-2-10(8)16/h1-5,19H,17H2,(H,18,20). The Morgan fingerprint density at radius 1 is 1.25 bits per heavy atom. The first-order chi connectivity index (χ1) is 9.38. The van der Waals surface area contributed by atoms with E-state index in [0.717, 1.165) is 4.47 Å². The van der Waals surface area contributed by atoms with Crippen molar-refractivity contribution in [3.05, 3.63) is 49.9 Å². The largest absolute Gasteiger partial charge is 0.508 e. The number of aromatic hydroxyl groups is 1. The number of amides is 1. The van der Waals surface area contributed by atoms with Crippen molar-refractivity contribution in [1.29, 1.82) is 0 Å². The molecule has 0 spiro atoms. The van der Waals surface area contributed by atoms with E-state index in [0.29, 0.717) is 15.8 Å². The van der Waals surface area contributed by atoms with Crippen LogP contribution < -0.4 is 11.1 Å². The van der Waals surface area contributed by atoms with Crippen LogP contribution >= 0.6 is 43.5 Å². The smallest absolute Gasteiger partial charge is 0.257 e. The molecule has 0 saturated carbocycles. The molecule has 2 rings (SSSR count). The van der Waals surface area contributed by atoms with Gasteiger partial charge >= 0.3 is 0 Å². The van der Waals surface area contributed by atoms with Crippen LogP contribution in [0.2, 0.25) is 5.02 Å². The molecule has 0 aliphatic carbocycles. The number of carbonyl (C=O) groups excluding carboxylic acids is 1. The molecule has 0 radical (unpaired) electrons. The molecule has 0 aliphatic heterocycles. The highest BCUT2D eigenvalue weighted by Gasteiger charge is 2.15. The first-order valence-electron chi connectivity index (χ1n) is 5.43. The summed E-state index contributed by atoms with van der Waals surface area (Å²) in [5.41, 5.74) is 6.87. The zero-order chi connectivity index (χ0) is 14.9. The molecule has 4 nitrogen and oxygen atoms in total. The van der Waals surface area contributed by atoms with Crippen molar-refractivity contribution in [2.24, 2.45) is 0 Å². The summed E-state index contributed by atoms with van der Waals surface area (Å²) in [5.74, 6) is -0.497. The Kier molecular flexibility index (Phi) is 4.57. The van der Waals surface area contributed by atoms with Crippen molar-refractivity contribution in [2.75, 3.05) is 11.1 Å². The second kappa shape index (κ2) is 6.03. The van der Waals surface area contributed by atoms with Crippen LogP contribution in [-0.4, -0.2) is 11.0 Å². The molecule has 0 heterocycles. The number of phenolic OH excluding ortho intramolecular Hbond substituents is 1. The number of benzene rings is 2. The Hall–Kier alpha value is -1.24. The van der Waals surface area contributed by atoms with Gasteiger partial charge in [0.25, 0.3) is 5.91 Å². The van der Waals surface area contributed by atoms with E-state index in [1.165, 1.54) is 18.2 Å². The molecule has 0 atom stereocenters. The fourth-order valence-corrected chi connectivity index (χ4v) is 3.15. The third kappa shape index (κ3) is 3.26. The molecule has 2 aromatic rings. The average molecular weight is 420 g/mol. The average Bonchev–Trinajstić information content (AvgIpc) is 2.36. The van der Waals surface area contributed by atoms with Gasteiger partial charge in [0.2, 0.25) is 0 Å². The van der Waals surface area contributed by atoms with Crippen molar-refractivity contribution in [3.63, 3.8) is 0 Å². The second-order valence-corrected chi connectivity index (χ2v) is 6.15. The Bertz CT molecular complexity index is 669. The molecule has 0 unspecified atom stereocenters. The highest BCUT2D eigenvalue weighted by molar-refractivity contribution is 9.11. The summed E-state index contributed by atoms with van der Waals surface area (Å²) < 4.78 is 1.42. The van der Waals surface area contributed by atoms with Gasteiger partial charge in [0.1, 0.15) is 5.75 Å². The van der Waals surface area contributed by atoms with Gasteiger partial charge in [-0.15, -0.1) is 0 Å². The van der Waals surface area contributed by atoms with E-state index in [1.807, 2.05) is 0 Å². The zero-order valence-corrected chi connectivity index (χ0v) is 13.9. The lowest BCUT2D eigenvalue weighted by atomic mass is 10.2. The van der Waals surface area contributed by atoms with Crippen LogP contribution in [0.3, 0.4) is 0 Å². The van der Waals surface area contributed by atoms with Gasteiger partial charge in [-0.1, -0.05) is 27.5 Å². The van der Waals surface area contributed by atoms with Crippen molar-refractivity contribution >= 4 is 60.7 Å². The molecule has 0 fully saturated rings. The third-order valence-corrected chi connectivity index (χ3v) is 3.93. The van der Waals surface area contributed by atoms with Crippen LogP contribution in [0, 0.1) is 0 Å². The number of nitrogen functional groups attached to an aromatic ring is 1. The van der Waals surface area contributed by atoms with Gasteiger partial charge in [0.15, 0.2) is 0 Å². The topological polar surface area (TPSA) is 75.3 Å². The summed E-state index contributed by atoms with van der Waals surface area (Å²) in [6.45, 7) is 0. The van der Waals surface area contributed by atoms with Gasteiger partial charge in [0.05, 0.1) is 22.0 Å². The predicted molar refractivity (Wildman–Crippen MR) is 87.3 cm³/mol. The van der Waals surface area contributed by atoms with Gasteiger partial charge in [-0.25, -0.2) is 0 Å². The normalized spacial score (nSPS) is 10.3. The molecule has 2 aromatic carbocycles. The van der Waals surface area contributed by atoms with Crippen LogP contribution in [0.1, 0.15) is 10.4 Å². The molecule has 4 N–H and O–H groups in total. The van der Waals surface area contributed by atoms with E-state index in [-0.39, 0.29) is 16.3 Å². The number of rotatable bonds is 2. The second-order valence-electron chi connectivity index (χ2n) is 3.97. The minimum absolute atomic E-state index is 0.0395. The van der Waals surface area contributed by atoms with E-state index < -0.39 is 5.91 Å². The maximum absolute atomic E-state index is 12.2. The first kappa shape index (κ1) is 15.2. The quantitative estimate of drug-likeness (QED) is 0.630. The summed E-state index contributed by atoms with van der Waals surface area (Å²) in [6.07, 6.45) is 0. The van der Waals surface area contributed by atoms with E-state index in [4.69, 9.17) is 17.3 Å². The third-order valence-electron chi connectivity index (χ3n) is 2.52. The molecular weight excluding hydrogens is 411 g/mol. The monoisotopic (exact) mass is 418 g/mol. The van der Waals surface area contributed by atoms with Gasteiger partial charge in [0, 0.05) is 8.95 Å². The number of nitrogens with one attached hydrogen (secondary N) is 1. The van der Waals surface area contributed by atoms with E-state index >= 15 is 0 Å². The Morgan fingerprint density at radius 3 is 2.60 bits per heavy atom. The summed E-state index contributed by atoms with van der Waals surface area (Å²) in [7, 11) is 0. The first-order valence-corrected chi connectivity index (χ1v) is 7.39. The number of nitrogens with two attached hydrogens (primary N) is 1. The molecule has 0 aromatic heterocycles. The SMILES string of the molecule is Nc1cc(Br)cc(Br)c1NC(=O)c1cc(O)ccc1Cl. The van der Waals surface area contributed by atoms with Crippen molar-refractivity contribution in [2.45, 2.75) is 0 Å². The van der Waals surface area contributed by atoms with E-state index in [2.05, 4.69) is 37.2 Å². The van der Waals surface area contributed by atoms with E-state index in [9.17, 15) is 9.90 Å². The summed E-state index contributed by atoms with van der Waals surface area (Å²) in [4.78, 5) is 12.2. The fraction of sp³-hybridized carbons (Fsp3) is 0. The van der Waals surface area contributed by atoms with Crippen LogP contribution in [0.4, 0.5) is 11.4 Å². The Labute approximate surface area is 137 Å². The minimum atomic E-state index is -0.458. The zero-order valence-electron chi connectivity index (χ0n) is 9.95. The van der Waals surface area contributed by atoms with Crippen molar-refractivity contribution in [3.8, 4) is 5.75 Å². The van der Waals surface area contributed by atoms with Crippen LogP contribution in [0.15, 0.2) is 39.3 Å². The van der Waals surface area contributed by atoms with Crippen LogP contribution in [-0.2, 0) is 0 Å². The number of anilines is 2. The minimum Gasteiger partial charge on any atom is -0.508 e. The lowest BCUT2D eigenvalue weighted by Gasteiger charge is -2.12. The number of phenols is 1. The van der Waals surface area contributed by atoms with Gasteiger partial charge < -0.3 is 16.2 Å². The summed E-state index contributed by atoms with van der Waals surface area (Å²) in [5, 5.41) is 12.3. The number of carbonyl (C=O) groups is 1. The predicted octanol–water partition coefficient (Wildman–Crippen LogP) is 4.41. The highest BCUT2D eigenvalue weighted by atomic mass is 79.9. The molecule has 20 heavy (non-hydrogen) atoms. The highest BCUT2D eigenvalue weighted by Crippen LogP contribution is 2.33. The van der Waals surface area contributed by atoms with Gasteiger partial charge in [-0.05, 0) is 46.3 Å². The Morgan fingerprint density at radius 2 is 1.95 bits per heavy atom. The van der Waals surface area contributed by atoms with Gasteiger partial charge in [-0.3, -0.25) is 4.79 Å². The summed E-state index contributed by atoms with van der Waals surface area (Å²) >= 11 is 12.6. The van der Waals surface area contributed by atoms with Crippen LogP contribution in [0.5, 0.6) is 5.75 Å². The van der Waals surface area contributed by atoms with Gasteiger partial charge in [-0.2, -0.15) is 0 Å². The van der Waals surface area contributed by atoms with Crippen molar-refractivity contribution in [1.82, 2.24) is 0 Å². The molecule has 0 bridgehead atoms. The lowest BCUT2D eigenvalue weighted by molar-refractivity contribution is 0.102. The molecular formula is C13H9Br2ClN2O2. The molecule has 0 saturated heterocycles. The fourth-order valence-electron chi connectivity index (χ4n) is 1.59. The lowest BCUT2D eigenvalue weighted by Crippen LogP contribution is -2.14. The molecule has 1 amide bonds. The Balaban J connectivity index is 2.35. The van der Waals surface area contributed by atoms with Crippen LogP contribution in [0.25, 0.3) is 0 Å². The molecule has 7 heteroatoms. The number of hydrogen-bond donors (Lipinski definition) is 3. The van der Waals surface area contributed by atoms with Crippen molar-refractivity contribution < 1.29 is 9.90 Å². The van der Waals surface area contributed by atoms with E-state index in [1.54, 1.807) is 12.1 Å². The molecule has 104 valence electrons. The maximum Gasteiger partial charge on any atom is 0.257 e. The summed E-state index contributed by atoms with van der Waals surface area (Å²) in [6, 6.07) is 7.58.